The third-order valence-electron chi connectivity index (χ3n) is 4.99. The predicted molar refractivity (Wildman–Crippen MR) is 100 cm³/mol. The molecule has 23 heavy (non-hydrogen) atoms. The molecule has 4 heteroatoms. The second kappa shape index (κ2) is 9.33. The summed E-state index contributed by atoms with van der Waals surface area (Å²) in [6.45, 7) is 3.41. The predicted octanol–water partition coefficient (Wildman–Crippen LogP) is 3.51. The Morgan fingerprint density at radius 3 is 2.74 bits per heavy atom. The molecule has 1 amide bonds. The van der Waals surface area contributed by atoms with Crippen molar-refractivity contribution in [3.05, 3.63) is 35.9 Å². The molecule has 128 valence electrons. The Hall–Kier alpha value is -1.00. The summed E-state index contributed by atoms with van der Waals surface area (Å²) in [5.41, 5.74) is 1.31. The van der Waals surface area contributed by atoms with Crippen LogP contribution < -0.4 is 5.32 Å². The Morgan fingerprint density at radius 2 is 2.09 bits per heavy atom. The maximum Gasteiger partial charge on any atom is 0.234 e. The number of carbonyl (C=O) groups is 1. The van der Waals surface area contributed by atoms with Gasteiger partial charge in [-0.2, -0.15) is 11.8 Å². The summed E-state index contributed by atoms with van der Waals surface area (Å²) in [7, 11) is 2.09. The van der Waals surface area contributed by atoms with E-state index in [1.807, 2.05) is 17.8 Å². The first-order valence-corrected chi connectivity index (χ1v) is 9.99. The van der Waals surface area contributed by atoms with Crippen LogP contribution in [0.1, 0.15) is 44.1 Å². The molecule has 1 aromatic rings. The minimum absolute atomic E-state index is 0.147. The van der Waals surface area contributed by atoms with Gasteiger partial charge in [-0.05, 0) is 38.1 Å². The summed E-state index contributed by atoms with van der Waals surface area (Å²) in [5, 5.41) is 3.81. The third kappa shape index (κ3) is 5.25. The molecule has 0 unspecified atom stereocenters. The molecule has 1 N–H and O–H groups in total. The summed E-state index contributed by atoms with van der Waals surface area (Å²) in [6.07, 6.45) is 7.01. The van der Waals surface area contributed by atoms with E-state index in [1.165, 1.54) is 24.8 Å². The highest BCUT2D eigenvalue weighted by Gasteiger charge is 2.30. The summed E-state index contributed by atoms with van der Waals surface area (Å²) < 4.78 is 0. The largest absolute Gasteiger partial charge is 0.354 e. The summed E-state index contributed by atoms with van der Waals surface area (Å²) in [5.74, 6) is 0.546. The molecule has 1 saturated carbocycles. The minimum Gasteiger partial charge on any atom is -0.354 e. The van der Waals surface area contributed by atoms with Gasteiger partial charge in [0.2, 0.25) is 5.91 Å². The lowest BCUT2D eigenvalue weighted by Crippen LogP contribution is -2.43. The number of thioether (sulfide) groups is 1. The van der Waals surface area contributed by atoms with Gasteiger partial charge in [0.1, 0.15) is 0 Å². The van der Waals surface area contributed by atoms with E-state index in [2.05, 4.69) is 54.7 Å². The molecule has 1 fully saturated rings. The summed E-state index contributed by atoms with van der Waals surface area (Å²) in [4.78, 5) is 14.5. The van der Waals surface area contributed by atoms with E-state index < -0.39 is 0 Å². The average molecular weight is 335 g/mol. The van der Waals surface area contributed by atoms with Gasteiger partial charge >= 0.3 is 0 Å². The van der Waals surface area contributed by atoms with Crippen molar-refractivity contribution in [2.24, 2.45) is 0 Å². The molecule has 1 aromatic carbocycles. The quantitative estimate of drug-likeness (QED) is 0.789. The van der Waals surface area contributed by atoms with Crippen molar-refractivity contribution in [1.82, 2.24) is 10.2 Å². The zero-order valence-corrected chi connectivity index (χ0v) is 15.4. The van der Waals surface area contributed by atoms with Crippen LogP contribution in [-0.2, 0) is 4.79 Å². The van der Waals surface area contributed by atoms with Crippen molar-refractivity contribution >= 4 is 17.7 Å². The SMILES string of the molecule is CC[C@H](CNC(=O)CN(C)[C@H]1CCC[C@@H]1SC)c1ccccc1. The van der Waals surface area contributed by atoms with Crippen LogP contribution in [0.3, 0.4) is 0 Å². The molecule has 3 nitrogen and oxygen atoms in total. The van der Waals surface area contributed by atoms with Crippen LogP contribution in [0.15, 0.2) is 30.3 Å². The number of hydrogen-bond donors (Lipinski definition) is 1. The van der Waals surface area contributed by atoms with Gasteiger partial charge in [0.05, 0.1) is 6.54 Å². The fraction of sp³-hybridized carbons (Fsp3) is 0.632. The molecule has 3 atom stereocenters. The summed E-state index contributed by atoms with van der Waals surface area (Å²) in [6, 6.07) is 11.0. The molecular formula is C19H30N2OS. The number of nitrogens with zero attached hydrogens (tertiary/aromatic N) is 1. The topological polar surface area (TPSA) is 32.3 Å². The first-order valence-electron chi connectivity index (χ1n) is 8.70. The Balaban J connectivity index is 1.80. The highest BCUT2D eigenvalue weighted by atomic mass is 32.2. The molecular weight excluding hydrogens is 304 g/mol. The number of rotatable bonds is 8. The Kier molecular flexibility index (Phi) is 7.44. The van der Waals surface area contributed by atoms with Gasteiger partial charge in [0.25, 0.3) is 0 Å². The van der Waals surface area contributed by atoms with Gasteiger partial charge in [-0.1, -0.05) is 43.7 Å². The molecule has 0 aliphatic heterocycles. The average Bonchev–Trinajstić information content (AvgIpc) is 3.05. The fourth-order valence-electron chi connectivity index (χ4n) is 3.55. The second-order valence-electron chi connectivity index (χ2n) is 6.51. The van der Waals surface area contributed by atoms with Crippen LogP contribution in [0.2, 0.25) is 0 Å². The van der Waals surface area contributed by atoms with Crippen molar-refractivity contribution in [1.29, 1.82) is 0 Å². The van der Waals surface area contributed by atoms with E-state index in [9.17, 15) is 4.79 Å². The highest BCUT2D eigenvalue weighted by molar-refractivity contribution is 7.99. The first kappa shape index (κ1) is 18.3. The number of benzene rings is 1. The van der Waals surface area contributed by atoms with Gasteiger partial charge in [-0.15, -0.1) is 0 Å². The second-order valence-corrected chi connectivity index (χ2v) is 7.58. The third-order valence-corrected chi connectivity index (χ3v) is 6.14. The van der Waals surface area contributed by atoms with Gasteiger partial charge in [-0.25, -0.2) is 0 Å². The number of nitrogens with one attached hydrogen (secondary N) is 1. The minimum atomic E-state index is 0.147. The first-order chi connectivity index (χ1) is 11.2. The zero-order chi connectivity index (χ0) is 16.7. The highest BCUT2D eigenvalue weighted by Crippen LogP contribution is 2.31. The van der Waals surface area contributed by atoms with Crippen LogP contribution in [0.4, 0.5) is 0 Å². The van der Waals surface area contributed by atoms with E-state index in [-0.39, 0.29) is 5.91 Å². The monoisotopic (exact) mass is 334 g/mol. The fourth-order valence-corrected chi connectivity index (χ4v) is 4.61. The maximum atomic E-state index is 12.3. The standard InChI is InChI=1S/C19H30N2OS/c1-4-15(16-9-6-5-7-10-16)13-20-19(22)14-21(2)17-11-8-12-18(17)23-3/h5-7,9-10,15,17-18H,4,8,11-14H2,1-3H3,(H,20,22)/t15-,17+,18+/m1/s1. The van der Waals surface area contributed by atoms with Crippen molar-refractivity contribution < 1.29 is 4.79 Å². The molecule has 1 aliphatic carbocycles. The maximum absolute atomic E-state index is 12.3. The Labute approximate surface area is 145 Å². The summed E-state index contributed by atoms with van der Waals surface area (Å²) >= 11 is 1.94. The van der Waals surface area contributed by atoms with Gasteiger partial charge in [0, 0.05) is 23.8 Å². The van der Waals surface area contributed by atoms with Crippen LogP contribution >= 0.6 is 11.8 Å². The normalized spacial score (nSPS) is 22.3. The molecule has 0 bridgehead atoms. The lowest BCUT2D eigenvalue weighted by atomic mass is 9.96. The molecule has 0 spiro atoms. The van der Waals surface area contributed by atoms with E-state index in [0.717, 1.165) is 13.0 Å². The number of amides is 1. The molecule has 0 heterocycles. The van der Waals surface area contributed by atoms with Crippen molar-refractivity contribution in [3.63, 3.8) is 0 Å². The van der Waals surface area contributed by atoms with Crippen LogP contribution in [0.5, 0.6) is 0 Å². The number of carbonyl (C=O) groups excluding carboxylic acids is 1. The number of likely N-dealkylation sites (N-methyl/N-ethyl adjacent to an activating group) is 1. The Morgan fingerprint density at radius 1 is 1.35 bits per heavy atom. The molecule has 1 aliphatic rings. The molecule has 2 rings (SSSR count). The van der Waals surface area contributed by atoms with Crippen molar-refractivity contribution in [2.75, 3.05) is 26.4 Å². The van der Waals surface area contributed by atoms with Crippen LogP contribution in [0.25, 0.3) is 0 Å². The van der Waals surface area contributed by atoms with Gasteiger partial charge in [0.15, 0.2) is 0 Å². The van der Waals surface area contributed by atoms with Crippen LogP contribution in [0, 0.1) is 0 Å². The number of hydrogen-bond acceptors (Lipinski definition) is 3. The molecule has 0 aromatic heterocycles. The van der Waals surface area contributed by atoms with E-state index >= 15 is 0 Å². The lowest BCUT2D eigenvalue weighted by molar-refractivity contribution is -0.122. The lowest BCUT2D eigenvalue weighted by Gasteiger charge is -2.28. The molecule has 0 saturated heterocycles. The van der Waals surface area contributed by atoms with Crippen molar-refractivity contribution in [3.8, 4) is 0 Å². The molecule has 0 radical (unpaired) electrons. The van der Waals surface area contributed by atoms with E-state index in [1.54, 1.807) is 0 Å². The van der Waals surface area contributed by atoms with E-state index in [0.29, 0.717) is 23.8 Å². The van der Waals surface area contributed by atoms with E-state index in [4.69, 9.17) is 0 Å². The van der Waals surface area contributed by atoms with Gasteiger partial charge in [-0.3, -0.25) is 9.69 Å². The smallest absolute Gasteiger partial charge is 0.234 e. The van der Waals surface area contributed by atoms with Crippen LogP contribution in [-0.4, -0.2) is 48.5 Å². The van der Waals surface area contributed by atoms with Gasteiger partial charge < -0.3 is 5.32 Å². The van der Waals surface area contributed by atoms with Crippen molar-refractivity contribution in [2.45, 2.75) is 49.8 Å². The Bertz CT molecular complexity index is 480. The zero-order valence-electron chi connectivity index (χ0n) is 14.6.